The lowest BCUT2D eigenvalue weighted by atomic mass is 10.1. The summed E-state index contributed by atoms with van der Waals surface area (Å²) in [7, 11) is 1.36. The summed E-state index contributed by atoms with van der Waals surface area (Å²) < 4.78 is 17.3. The van der Waals surface area contributed by atoms with Crippen LogP contribution in [-0.4, -0.2) is 38.7 Å². The predicted octanol–water partition coefficient (Wildman–Crippen LogP) is 6.71. The minimum absolute atomic E-state index is 0.00582. The minimum Gasteiger partial charge on any atom is -0.486 e. The van der Waals surface area contributed by atoms with Crippen molar-refractivity contribution in [2.45, 2.75) is 13.2 Å². The van der Waals surface area contributed by atoms with Crippen molar-refractivity contribution in [1.29, 1.82) is 0 Å². The molecule has 47 heavy (non-hydrogen) atoms. The highest BCUT2D eigenvalue weighted by molar-refractivity contribution is 6.43. The molecule has 0 aliphatic heterocycles. The third-order valence-electron chi connectivity index (χ3n) is 6.82. The van der Waals surface area contributed by atoms with Crippen LogP contribution in [0.3, 0.4) is 0 Å². The van der Waals surface area contributed by atoms with Crippen molar-refractivity contribution < 1.29 is 23.8 Å². The summed E-state index contributed by atoms with van der Waals surface area (Å²) in [6, 6.07) is 36.9. The van der Waals surface area contributed by atoms with E-state index in [0.29, 0.717) is 34.5 Å². The van der Waals surface area contributed by atoms with Crippen LogP contribution >= 0.6 is 0 Å². The zero-order valence-corrected chi connectivity index (χ0v) is 25.4. The Balaban J connectivity index is 1.03. The third kappa shape index (κ3) is 8.20. The molecule has 0 N–H and O–H groups in total. The lowest BCUT2D eigenvalue weighted by Gasteiger charge is -2.10. The van der Waals surface area contributed by atoms with Crippen molar-refractivity contribution in [2.75, 3.05) is 7.11 Å². The number of nitrogens with zero attached hydrogens (tertiary/aromatic N) is 5. The quantitative estimate of drug-likeness (QED) is 0.0634. The standard InChI is InChI=1S/C37H29N5O5/c1-44-42-36(28-12-14-29(15-13-28)45-24-34-38-22-20-32(40-34)26-8-4-2-5-9-26)37(43)47-31-18-16-30(17-19-31)46-25-35-39-23-21-33(41-35)27-10-6-3-7-11-27/h2-23H,24-25H2,1H3. The van der Waals surface area contributed by atoms with Gasteiger partial charge in [0, 0.05) is 29.1 Å². The topological polar surface area (TPSA) is 118 Å². The Morgan fingerprint density at radius 2 is 1.06 bits per heavy atom. The number of carbonyl (C=O) groups excluding carboxylic acids is 1. The first-order valence-corrected chi connectivity index (χ1v) is 14.7. The van der Waals surface area contributed by atoms with Crippen LogP contribution < -0.4 is 14.2 Å². The molecule has 232 valence electrons. The fourth-order valence-corrected chi connectivity index (χ4v) is 4.54. The molecule has 2 aromatic heterocycles. The second-order valence-corrected chi connectivity index (χ2v) is 10.0. The molecule has 0 fully saturated rings. The Hall–Kier alpha value is -6.42. The molecule has 0 unspecified atom stereocenters. The lowest BCUT2D eigenvalue weighted by molar-refractivity contribution is -0.127. The van der Waals surface area contributed by atoms with Crippen LogP contribution in [0, 0.1) is 0 Å². The Morgan fingerprint density at radius 3 is 1.55 bits per heavy atom. The molecular weight excluding hydrogens is 594 g/mol. The third-order valence-corrected chi connectivity index (χ3v) is 6.82. The van der Waals surface area contributed by atoms with E-state index in [1.165, 1.54) is 7.11 Å². The number of rotatable bonds is 12. The number of aromatic nitrogens is 4. The minimum atomic E-state index is -0.688. The summed E-state index contributed by atoms with van der Waals surface area (Å²) in [5.74, 6) is 1.85. The van der Waals surface area contributed by atoms with Crippen molar-refractivity contribution in [3.05, 3.63) is 151 Å². The molecular formula is C37H29N5O5. The van der Waals surface area contributed by atoms with E-state index in [-0.39, 0.29) is 18.9 Å². The van der Waals surface area contributed by atoms with E-state index >= 15 is 0 Å². The van der Waals surface area contributed by atoms with E-state index in [2.05, 4.69) is 25.1 Å². The van der Waals surface area contributed by atoms with Crippen molar-refractivity contribution in [3.8, 4) is 39.8 Å². The summed E-state index contributed by atoms with van der Waals surface area (Å²) in [6.07, 6.45) is 3.41. The normalized spacial score (nSPS) is 11.0. The largest absolute Gasteiger partial charge is 0.486 e. The average molecular weight is 624 g/mol. The molecule has 0 aliphatic rings. The van der Waals surface area contributed by atoms with E-state index in [0.717, 1.165) is 22.5 Å². The van der Waals surface area contributed by atoms with Crippen molar-refractivity contribution in [2.24, 2.45) is 5.16 Å². The number of esters is 1. The summed E-state index contributed by atoms with van der Waals surface area (Å²) in [4.78, 5) is 35.8. The summed E-state index contributed by atoms with van der Waals surface area (Å²) in [5.41, 5.74) is 4.11. The molecule has 0 atom stereocenters. The van der Waals surface area contributed by atoms with E-state index in [9.17, 15) is 4.79 Å². The second-order valence-electron chi connectivity index (χ2n) is 10.0. The van der Waals surface area contributed by atoms with Crippen LogP contribution in [-0.2, 0) is 22.8 Å². The predicted molar refractivity (Wildman–Crippen MR) is 176 cm³/mol. The van der Waals surface area contributed by atoms with Gasteiger partial charge in [0.25, 0.3) is 0 Å². The van der Waals surface area contributed by atoms with E-state index in [4.69, 9.17) is 19.0 Å². The van der Waals surface area contributed by atoms with E-state index < -0.39 is 5.97 Å². The molecule has 0 spiro atoms. The van der Waals surface area contributed by atoms with Crippen LogP contribution in [0.1, 0.15) is 17.2 Å². The maximum atomic E-state index is 13.1. The van der Waals surface area contributed by atoms with Crippen LogP contribution in [0.15, 0.2) is 139 Å². The molecule has 0 saturated carbocycles. The smallest absolute Gasteiger partial charge is 0.366 e. The maximum Gasteiger partial charge on any atom is 0.366 e. The van der Waals surface area contributed by atoms with Gasteiger partial charge in [0.15, 0.2) is 17.4 Å². The molecule has 0 bridgehead atoms. The van der Waals surface area contributed by atoms with Gasteiger partial charge in [-0.3, -0.25) is 0 Å². The van der Waals surface area contributed by atoms with Gasteiger partial charge in [0.1, 0.15) is 37.6 Å². The molecule has 6 aromatic rings. The van der Waals surface area contributed by atoms with Crippen LogP contribution in [0.25, 0.3) is 22.5 Å². The molecule has 4 aromatic carbocycles. The van der Waals surface area contributed by atoms with Gasteiger partial charge in [-0.15, -0.1) is 0 Å². The molecule has 10 heteroatoms. The van der Waals surface area contributed by atoms with Gasteiger partial charge in [-0.05, 0) is 60.7 Å². The SMILES string of the molecule is CON=C(C(=O)Oc1ccc(OCc2nccc(-c3ccccc3)n2)cc1)c1ccc(OCc2nccc(-c3ccccc3)n2)cc1. The summed E-state index contributed by atoms with van der Waals surface area (Å²) >= 11 is 0. The van der Waals surface area contributed by atoms with Gasteiger partial charge in [0.2, 0.25) is 0 Å². The number of oxime groups is 1. The van der Waals surface area contributed by atoms with Gasteiger partial charge in [0.05, 0.1) is 11.4 Å². The van der Waals surface area contributed by atoms with Gasteiger partial charge in [-0.25, -0.2) is 24.7 Å². The molecule has 0 aliphatic carbocycles. The number of ether oxygens (including phenoxy) is 3. The Bertz CT molecular complexity index is 1950. The van der Waals surface area contributed by atoms with E-state index in [1.807, 2.05) is 72.8 Å². The Morgan fingerprint density at radius 1 is 0.596 bits per heavy atom. The molecule has 0 radical (unpaired) electrons. The van der Waals surface area contributed by atoms with E-state index in [1.54, 1.807) is 60.9 Å². The number of carbonyl (C=O) groups is 1. The van der Waals surface area contributed by atoms with Gasteiger partial charge in [-0.2, -0.15) is 0 Å². The average Bonchev–Trinajstić information content (AvgIpc) is 3.14. The highest BCUT2D eigenvalue weighted by Gasteiger charge is 2.18. The molecule has 6 rings (SSSR count). The zero-order valence-electron chi connectivity index (χ0n) is 25.4. The van der Waals surface area contributed by atoms with Crippen LogP contribution in [0.4, 0.5) is 0 Å². The first-order chi connectivity index (χ1) is 23.1. The van der Waals surface area contributed by atoms with Crippen molar-refractivity contribution >= 4 is 11.7 Å². The van der Waals surface area contributed by atoms with Gasteiger partial charge in [-0.1, -0.05) is 65.8 Å². The first-order valence-electron chi connectivity index (χ1n) is 14.7. The number of hydrogen-bond donors (Lipinski definition) is 0. The molecule has 0 amide bonds. The Labute approximate surface area is 271 Å². The summed E-state index contributed by atoms with van der Waals surface area (Å²) in [5, 5.41) is 3.90. The number of benzene rings is 4. The summed E-state index contributed by atoms with van der Waals surface area (Å²) in [6.45, 7) is 0.352. The monoisotopic (exact) mass is 623 g/mol. The molecule has 0 saturated heterocycles. The second kappa shape index (κ2) is 15.0. The Kier molecular flexibility index (Phi) is 9.79. The first kappa shape index (κ1) is 30.6. The fraction of sp³-hybridized carbons (Fsp3) is 0.0811. The highest BCUT2D eigenvalue weighted by atomic mass is 16.6. The van der Waals surface area contributed by atoms with Crippen molar-refractivity contribution in [3.63, 3.8) is 0 Å². The zero-order chi connectivity index (χ0) is 32.3. The highest BCUT2D eigenvalue weighted by Crippen LogP contribution is 2.22. The maximum absolute atomic E-state index is 13.1. The molecule has 2 heterocycles. The lowest BCUT2D eigenvalue weighted by Crippen LogP contribution is -2.22. The van der Waals surface area contributed by atoms with Crippen molar-refractivity contribution in [1.82, 2.24) is 19.9 Å². The van der Waals surface area contributed by atoms with Gasteiger partial charge >= 0.3 is 5.97 Å². The van der Waals surface area contributed by atoms with Crippen LogP contribution in [0.2, 0.25) is 0 Å². The molecule has 10 nitrogen and oxygen atoms in total. The fourth-order valence-electron chi connectivity index (χ4n) is 4.54. The number of hydrogen-bond acceptors (Lipinski definition) is 10. The van der Waals surface area contributed by atoms with Crippen LogP contribution in [0.5, 0.6) is 17.2 Å². The van der Waals surface area contributed by atoms with Gasteiger partial charge < -0.3 is 19.0 Å².